The third kappa shape index (κ3) is 2.28. The lowest BCUT2D eigenvalue weighted by Gasteiger charge is -2.19. The molecule has 3 rings (SSSR count). The van der Waals surface area contributed by atoms with Crippen LogP contribution in [-0.4, -0.2) is 30.6 Å². The molecule has 0 aliphatic heterocycles. The van der Waals surface area contributed by atoms with E-state index in [9.17, 15) is 9.59 Å². The second-order valence-electron chi connectivity index (χ2n) is 5.04. The number of halogens is 1. The molecule has 0 aliphatic carbocycles. The Balaban J connectivity index is 2.08. The smallest absolute Gasteiger partial charge is 0.332 e. The molecule has 0 unspecified atom stereocenters. The molecule has 0 radical (unpaired) electrons. The van der Waals surface area contributed by atoms with E-state index >= 15 is 0 Å². The minimum Gasteiger partial charge on any atom is -0.395 e. The van der Waals surface area contributed by atoms with Gasteiger partial charge in [0.1, 0.15) is 0 Å². The highest BCUT2D eigenvalue weighted by Crippen LogP contribution is 2.14. The first-order valence-corrected chi connectivity index (χ1v) is 7.14. The summed E-state index contributed by atoms with van der Waals surface area (Å²) in [6.45, 7) is 0.183. The van der Waals surface area contributed by atoms with Crippen molar-refractivity contribution in [1.29, 1.82) is 0 Å². The second kappa shape index (κ2) is 5.51. The number of nitrogens with one attached hydrogen (secondary N) is 1. The van der Waals surface area contributed by atoms with E-state index in [2.05, 4.69) is 5.10 Å². The number of aryl methyl sites for hydroxylation is 1. The van der Waals surface area contributed by atoms with Gasteiger partial charge in [-0.15, -0.1) is 0 Å². The van der Waals surface area contributed by atoms with Gasteiger partial charge in [0, 0.05) is 12.1 Å². The molecule has 0 amide bonds. The highest BCUT2D eigenvalue weighted by atomic mass is 35.5. The van der Waals surface area contributed by atoms with Crippen molar-refractivity contribution in [3.63, 3.8) is 0 Å². The van der Waals surface area contributed by atoms with Gasteiger partial charge in [0.05, 0.1) is 19.7 Å². The summed E-state index contributed by atoms with van der Waals surface area (Å²) in [4.78, 5) is 24.4. The van der Waals surface area contributed by atoms with Crippen LogP contribution in [0.1, 0.15) is 5.56 Å². The average molecular weight is 323 g/mol. The Labute approximate surface area is 130 Å². The molecule has 0 atom stereocenters. The number of aromatic nitrogens is 4. The summed E-state index contributed by atoms with van der Waals surface area (Å²) in [5.41, 5.74) is 1.03. The number of fused-ring (bicyclic) bond motifs is 1. The number of benzene rings is 1. The molecule has 3 aromatic rings. The fraction of sp³-hybridized carbons (Fsp3) is 0.286. The van der Waals surface area contributed by atoms with E-state index in [0.29, 0.717) is 22.7 Å². The summed E-state index contributed by atoms with van der Waals surface area (Å²) in [7, 11) is 1.58. The second-order valence-corrected chi connectivity index (χ2v) is 5.48. The fourth-order valence-corrected chi connectivity index (χ4v) is 2.57. The Morgan fingerprint density at radius 1 is 1.23 bits per heavy atom. The van der Waals surface area contributed by atoms with E-state index < -0.39 is 11.2 Å². The summed E-state index contributed by atoms with van der Waals surface area (Å²) in [6, 6.07) is 7.30. The zero-order valence-corrected chi connectivity index (χ0v) is 12.7. The molecular formula is C14H15ClN4O3. The SMILES string of the molecule is Cn1c(=O)n(CCO)c(=O)c2c1[nH]n2Cc1ccc(Cl)cc1. The summed E-state index contributed by atoms with van der Waals surface area (Å²) in [6.07, 6.45) is 0. The van der Waals surface area contributed by atoms with Crippen LogP contribution in [0.15, 0.2) is 33.9 Å². The zero-order chi connectivity index (χ0) is 15.9. The number of nitrogens with zero attached hydrogens (tertiary/aromatic N) is 3. The zero-order valence-electron chi connectivity index (χ0n) is 11.9. The van der Waals surface area contributed by atoms with Gasteiger partial charge in [-0.1, -0.05) is 23.7 Å². The standard InChI is InChI=1S/C14H15ClN4O3/c1-17-12-11(13(21)18(6-7-20)14(17)22)19(16-12)8-9-2-4-10(15)5-3-9/h2-5,16,20H,6-8H2,1H3. The van der Waals surface area contributed by atoms with Crippen LogP contribution in [0.3, 0.4) is 0 Å². The predicted octanol–water partition coefficient (Wildman–Crippen LogP) is 0.524. The van der Waals surface area contributed by atoms with Crippen molar-refractivity contribution in [3.8, 4) is 0 Å². The topological polar surface area (TPSA) is 84.9 Å². The van der Waals surface area contributed by atoms with Crippen LogP contribution in [0, 0.1) is 0 Å². The number of aliphatic hydroxyl groups is 1. The Kier molecular flexibility index (Phi) is 3.67. The third-order valence-corrected chi connectivity index (χ3v) is 3.87. The molecule has 2 heterocycles. The molecule has 1 aromatic carbocycles. The van der Waals surface area contributed by atoms with Crippen molar-refractivity contribution in [3.05, 3.63) is 55.7 Å². The molecule has 0 fully saturated rings. The maximum absolute atomic E-state index is 12.4. The van der Waals surface area contributed by atoms with Crippen molar-refractivity contribution >= 4 is 22.8 Å². The molecule has 0 aliphatic rings. The van der Waals surface area contributed by atoms with Crippen LogP contribution in [0.5, 0.6) is 0 Å². The fourth-order valence-electron chi connectivity index (χ4n) is 2.44. The van der Waals surface area contributed by atoms with E-state index in [1.54, 1.807) is 23.9 Å². The van der Waals surface area contributed by atoms with E-state index in [0.717, 1.165) is 10.1 Å². The average Bonchev–Trinajstić information content (AvgIpc) is 2.48. The molecular weight excluding hydrogens is 308 g/mol. The summed E-state index contributed by atoms with van der Waals surface area (Å²) in [5, 5.41) is 12.7. The largest absolute Gasteiger partial charge is 0.395 e. The van der Waals surface area contributed by atoms with E-state index in [4.69, 9.17) is 16.7 Å². The van der Waals surface area contributed by atoms with Gasteiger partial charge in [-0.25, -0.2) is 4.79 Å². The number of rotatable bonds is 4. The van der Waals surface area contributed by atoms with Gasteiger partial charge in [0.2, 0.25) is 0 Å². The van der Waals surface area contributed by atoms with Crippen molar-refractivity contribution in [2.75, 3.05) is 6.61 Å². The molecule has 22 heavy (non-hydrogen) atoms. The van der Waals surface area contributed by atoms with Gasteiger partial charge in [0.25, 0.3) is 5.56 Å². The maximum Gasteiger partial charge on any atom is 0.332 e. The van der Waals surface area contributed by atoms with E-state index in [-0.39, 0.29) is 13.2 Å². The van der Waals surface area contributed by atoms with E-state index in [1.807, 2.05) is 12.1 Å². The number of aromatic amines is 1. The number of hydrogen-bond donors (Lipinski definition) is 2. The Morgan fingerprint density at radius 3 is 2.55 bits per heavy atom. The predicted molar refractivity (Wildman–Crippen MR) is 83.4 cm³/mol. The Bertz CT molecular complexity index is 930. The van der Waals surface area contributed by atoms with Crippen molar-refractivity contribution in [1.82, 2.24) is 18.9 Å². The first-order chi connectivity index (χ1) is 10.5. The van der Waals surface area contributed by atoms with Gasteiger partial charge in [-0.3, -0.25) is 23.7 Å². The van der Waals surface area contributed by atoms with Crippen LogP contribution in [-0.2, 0) is 20.1 Å². The quantitative estimate of drug-likeness (QED) is 0.734. The molecule has 0 spiro atoms. The van der Waals surface area contributed by atoms with Crippen LogP contribution in [0.2, 0.25) is 5.02 Å². The van der Waals surface area contributed by atoms with Crippen LogP contribution >= 0.6 is 11.6 Å². The van der Waals surface area contributed by atoms with Crippen LogP contribution in [0.4, 0.5) is 0 Å². The number of H-pyrrole nitrogens is 1. The van der Waals surface area contributed by atoms with Gasteiger partial charge < -0.3 is 5.11 Å². The monoisotopic (exact) mass is 322 g/mol. The molecule has 0 saturated carbocycles. The molecule has 8 heteroatoms. The molecule has 0 saturated heterocycles. The minimum absolute atomic E-state index is 0.0203. The van der Waals surface area contributed by atoms with E-state index in [1.165, 1.54) is 4.57 Å². The molecule has 7 nitrogen and oxygen atoms in total. The highest BCUT2D eigenvalue weighted by molar-refractivity contribution is 6.30. The lowest BCUT2D eigenvalue weighted by molar-refractivity contribution is 0.270. The van der Waals surface area contributed by atoms with Gasteiger partial charge >= 0.3 is 5.69 Å². The van der Waals surface area contributed by atoms with Crippen molar-refractivity contribution in [2.45, 2.75) is 13.1 Å². The lowest BCUT2D eigenvalue weighted by atomic mass is 10.2. The molecule has 116 valence electrons. The maximum atomic E-state index is 12.4. The number of hydrogen-bond acceptors (Lipinski definition) is 3. The van der Waals surface area contributed by atoms with Crippen LogP contribution in [0.25, 0.3) is 11.2 Å². The Hall–Kier alpha value is -2.25. The van der Waals surface area contributed by atoms with Crippen molar-refractivity contribution < 1.29 is 5.11 Å². The lowest BCUT2D eigenvalue weighted by Crippen LogP contribution is -2.43. The minimum atomic E-state index is -0.448. The first kappa shape index (κ1) is 14.7. The number of aliphatic hydroxyl groups excluding tert-OH is 1. The van der Waals surface area contributed by atoms with Crippen LogP contribution < -0.4 is 11.2 Å². The Morgan fingerprint density at radius 2 is 1.91 bits per heavy atom. The van der Waals surface area contributed by atoms with Gasteiger partial charge in [0.15, 0.2) is 11.2 Å². The molecule has 0 bridgehead atoms. The third-order valence-electron chi connectivity index (χ3n) is 3.61. The summed E-state index contributed by atoms with van der Waals surface area (Å²) in [5.74, 6) is 0. The molecule has 2 N–H and O–H groups in total. The summed E-state index contributed by atoms with van der Waals surface area (Å²) >= 11 is 5.85. The van der Waals surface area contributed by atoms with Gasteiger partial charge in [-0.2, -0.15) is 0 Å². The first-order valence-electron chi connectivity index (χ1n) is 6.76. The van der Waals surface area contributed by atoms with Gasteiger partial charge in [-0.05, 0) is 17.7 Å². The molecule has 2 aromatic heterocycles. The highest BCUT2D eigenvalue weighted by Gasteiger charge is 2.18. The summed E-state index contributed by atoms with van der Waals surface area (Å²) < 4.78 is 4.08. The normalized spacial score (nSPS) is 11.4. The van der Waals surface area contributed by atoms with Crippen molar-refractivity contribution in [2.24, 2.45) is 7.05 Å².